The van der Waals surface area contributed by atoms with E-state index in [0.717, 1.165) is 18.3 Å². The summed E-state index contributed by atoms with van der Waals surface area (Å²) in [7, 11) is 0. The number of primary amides is 1. The van der Waals surface area contributed by atoms with Crippen LogP contribution in [-0.4, -0.2) is 18.0 Å². The lowest BCUT2D eigenvalue weighted by Crippen LogP contribution is -2.56. The minimum atomic E-state index is -0.157. The Morgan fingerprint density at radius 1 is 1.35 bits per heavy atom. The molecule has 1 aliphatic carbocycles. The first-order chi connectivity index (χ1) is 8.22. The van der Waals surface area contributed by atoms with Crippen molar-refractivity contribution in [2.75, 3.05) is 0 Å². The molecule has 0 bridgehead atoms. The number of hydrogen-bond acceptors (Lipinski definition) is 2. The van der Waals surface area contributed by atoms with Crippen molar-refractivity contribution in [3.05, 3.63) is 0 Å². The highest BCUT2D eigenvalue weighted by Crippen LogP contribution is 2.39. The van der Waals surface area contributed by atoms with Crippen LogP contribution < -0.4 is 11.1 Å². The van der Waals surface area contributed by atoms with Crippen LogP contribution >= 0.6 is 0 Å². The lowest BCUT2D eigenvalue weighted by molar-refractivity contribution is -0.122. The second-order valence-corrected chi connectivity index (χ2v) is 5.81. The number of unbranched alkanes of at least 4 members (excludes halogenated alkanes) is 1. The first-order valence-electron chi connectivity index (χ1n) is 7.27. The Kier molecular flexibility index (Phi) is 4.43. The summed E-state index contributed by atoms with van der Waals surface area (Å²) >= 11 is 0. The monoisotopic (exact) mass is 238 g/mol. The molecule has 98 valence electrons. The number of hydrogen-bond donors (Lipinski definition) is 2. The second-order valence-electron chi connectivity index (χ2n) is 5.81. The van der Waals surface area contributed by atoms with Crippen LogP contribution in [-0.2, 0) is 4.79 Å². The van der Waals surface area contributed by atoms with E-state index in [-0.39, 0.29) is 11.9 Å². The van der Waals surface area contributed by atoms with E-state index in [1.54, 1.807) is 0 Å². The molecule has 3 N–H and O–H groups in total. The topological polar surface area (TPSA) is 55.1 Å². The first kappa shape index (κ1) is 12.9. The zero-order valence-corrected chi connectivity index (χ0v) is 11.0. The number of piperidine rings is 1. The van der Waals surface area contributed by atoms with Gasteiger partial charge in [0.2, 0.25) is 5.91 Å². The molecule has 17 heavy (non-hydrogen) atoms. The summed E-state index contributed by atoms with van der Waals surface area (Å²) in [6.45, 7) is 2.23. The summed E-state index contributed by atoms with van der Waals surface area (Å²) in [4.78, 5) is 11.4. The average molecular weight is 238 g/mol. The van der Waals surface area contributed by atoms with Gasteiger partial charge < -0.3 is 11.1 Å². The van der Waals surface area contributed by atoms with Gasteiger partial charge in [0, 0.05) is 6.04 Å². The Labute approximate surface area is 105 Å². The van der Waals surface area contributed by atoms with Crippen LogP contribution in [0.1, 0.15) is 58.3 Å². The van der Waals surface area contributed by atoms with E-state index in [9.17, 15) is 4.79 Å². The third-order valence-electron chi connectivity index (χ3n) is 4.65. The maximum absolute atomic E-state index is 11.4. The molecule has 3 nitrogen and oxygen atoms in total. The van der Waals surface area contributed by atoms with Crippen molar-refractivity contribution in [2.45, 2.75) is 70.4 Å². The van der Waals surface area contributed by atoms with Gasteiger partial charge in [0.15, 0.2) is 0 Å². The van der Waals surface area contributed by atoms with Crippen LogP contribution in [0.4, 0.5) is 0 Å². The number of nitrogens with one attached hydrogen (secondary N) is 1. The standard InChI is InChI=1S/C14H26N2O/c1-2-3-8-12-11-7-5-4-6-10(11)9-13(16-12)14(15)17/h10-13,16H,2-9H2,1H3,(H2,15,17)/t10-,11+,12?,13+/m1/s1. The Balaban J connectivity index is 2.01. The maximum Gasteiger partial charge on any atom is 0.234 e. The van der Waals surface area contributed by atoms with Crippen LogP contribution in [0.25, 0.3) is 0 Å². The molecule has 4 atom stereocenters. The molecule has 3 heteroatoms. The Morgan fingerprint density at radius 3 is 2.82 bits per heavy atom. The van der Waals surface area contributed by atoms with Crippen LogP contribution in [0.2, 0.25) is 0 Å². The predicted octanol–water partition coefficient (Wildman–Crippen LogP) is 2.20. The van der Waals surface area contributed by atoms with Crippen molar-refractivity contribution in [1.82, 2.24) is 5.32 Å². The number of carbonyl (C=O) groups is 1. The van der Waals surface area contributed by atoms with Crippen LogP contribution in [0.3, 0.4) is 0 Å². The zero-order valence-electron chi connectivity index (χ0n) is 11.0. The van der Waals surface area contributed by atoms with Gasteiger partial charge in [-0.05, 0) is 31.1 Å². The first-order valence-corrected chi connectivity index (χ1v) is 7.27. The molecule has 0 aromatic heterocycles. The van der Waals surface area contributed by atoms with Gasteiger partial charge in [0.1, 0.15) is 0 Å². The van der Waals surface area contributed by atoms with Gasteiger partial charge in [0.25, 0.3) is 0 Å². The SMILES string of the molecule is CCCCC1N[C@H](C(N)=O)C[C@H]2CCCC[C@H]12. The van der Waals surface area contributed by atoms with E-state index in [0.29, 0.717) is 6.04 Å². The van der Waals surface area contributed by atoms with Gasteiger partial charge in [-0.15, -0.1) is 0 Å². The fourth-order valence-corrected chi connectivity index (χ4v) is 3.73. The largest absolute Gasteiger partial charge is 0.368 e. The predicted molar refractivity (Wildman–Crippen MR) is 69.5 cm³/mol. The van der Waals surface area contributed by atoms with E-state index in [4.69, 9.17) is 5.73 Å². The van der Waals surface area contributed by atoms with Gasteiger partial charge in [0.05, 0.1) is 6.04 Å². The van der Waals surface area contributed by atoms with Gasteiger partial charge in [-0.2, -0.15) is 0 Å². The number of rotatable bonds is 4. The molecule has 1 unspecified atom stereocenters. The molecule has 1 heterocycles. The van der Waals surface area contributed by atoms with Crippen molar-refractivity contribution in [1.29, 1.82) is 0 Å². The third kappa shape index (κ3) is 3.01. The molecule has 1 saturated heterocycles. The smallest absolute Gasteiger partial charge is 0.234 e. The molecular formula is C14H26N2O. The minimum absolute atomic E-state index is 0.0730. The van der Waals surface area contributed by atoms with Crippen molar-refractivity contribution >= 4 is 5.91 Å². The molecule has 0 aromatic rings. The van der Waals surface area contributed by atoms with Crippen molar-refractivity contribution < 1.29 is 4.79 Å². The van der Waals surface area contributed by atoms with Gasteiger partial charge in [-0.25, -0.2) is 0 Å². The second kappa shape index (κ2) is 5.85. The average Bonchev–Trinajstić information content (AvgIpc) is 2.35. The number of carbonyl (C=O) groups excluding carboxylic acids is 1. The summed E-state index contributed by atoms with van der Waals surface area (Å²) < 4.78 is 0. The summed E-state index contributed by atoms with van der Waals surface area (Å²) in [5.41, 5.74) is 5.48. The van der Waals surface area contributed by atoms with Gasteiger partial charge >= 0.3 is 0 Å². The molecule has 1 amide bonds. The van der Waals surface area contributed by atoms with Crippen molar-refractivity contribution in [2.24, 2.45) is 17.6 Å². The molecule has 2 fully saturated rings. The van der Waals surface area contributed by atoms with E-state index in [1.807, 2.05) is 0 Å². The van der Waals surface area contributed by atoms with E-state index in [2.05, 4.69) is 12.2 Å². The number of fused-ring (bicyclic) bond motifs is 1. The fourth-order valence-electron chi connectivity index (χ4n) is 3.73. The summed E-state index contributed by atoms with van der Waals surface area (Å²) in [6, 6.07) is 0.461. The van der Waals surface area contributed by atoms with Crippen LogP contribution in [0, 0.1) is 11.8 Å². The molecular weight excluding hydrogens is 212 g/mol. The molecule has 0 aromatic carbocycles. The van der Waals surface area contributed by atoms with Gasteiger partial charge in [-0.1, -0.05) is 39.0 Å². The van der Waals surface area contributed by atoms with Crippen molar-refractivity contribution in [3.63, 3.8) is 0 Å². The Morgan fingerprint density at radius 2 is 2.12 bits per heavy atom. The van der Waals surface area contributed by atoms with E-state index >= 15 is 0 Å². The van der Waals surface area contributed by atoms with Crippen molar-refractivity contribution in [3.8, 4) is 0 Å². The maximum atomic E-state index is 11.4. The lowest BCUT2D eigenvalue weighted by Gasteiger charge is -2.45. The minimum Gasteiger partial charge on any atom is -0.368 e. The summed E-state index contributed by atoms with van der Waals surface area (Å²) in [5, 5.41) is 3.51. The highest BCUT2D eigenvalue weighted by Gasteiger charge is 2.39. The highest BCUT2D eigenvalue weighted by molar-refractivity contribution is 5.80. The van der Waals surface area contributed by atoms with E-state index < -0.39 is 0 Å². The number of nitrogens with two attached hydrogens (primary N) is 1. The molecule has 1 aliphatic heterocycles. The van der Waals surface area contributed by atoms with Gasteiger partial charge in [-0.3, -0.25) is 4.79 Å². The lowest BCUT2D eigenvalue weighted by atomic mass is 9.69. The number of amides is 1. The summed E-state index contributed by atoms with van der Waals surface area (Å²) in [5.74, 6) is 1.38. The van der Waals surface area contributed by atoms with Crippen LogP contribution in [0.15, 0.2) is 0 Å². The molecule has 0 spiro atoms. The molecule has 0 radical (unpaired) electrons. The zero-order chi connectivity index (χ0) is 12.3. The Bertz CT molecular complexity index is 267. The molecule has 1 saturated carbocycles. The molecule has 2 aliphatic rings. The third-order valence-corrected chi connectivity index (χ3v) is 4.65. The van der Waals surface area contributed by atoms with E-state index in [1.165, 1.54) is 44.9 Å². The van der Waals surface area contributed by atoms with Crippen LogP contribution in [0.5, 0.6) is 0 Å². The molecule has 2 rings (SSSR count). The quantitative estimate of drug-likeness (QED) is 0.789. The Hall–Kier alpha value is -0.570. The highest BCUT2D eigenvalue weighted by atomic mass is 16.1. The normalized spacial score (nSPS) is 37.5. The summed E-state index contributed by atoms with van der Waals surface area (Å²) in [6.07, 6.45) is 10.0. The fraction of sp³-hybridized carbons (Fsp3) is 0.929.